The molecule has 1 fully saturated rings. The van der Waals surface area contributed by atoms with Crippen LogP contribution in [-0.2, 0) is 19.1 Å². The summed E-state index contributed by atoms with van der Waals surface area (Å²) in [5.41, 5.74) is 3.50. The third-order valence-electron chi connectivity index (χ3n) is 4.26. The largest absolute Gasteiger partial charge is 0.493 e. The highest BCUT2D eigenvalue weighted by molar-refractivity contribution is 6.31. The molecule has 9 nitrogen and oxygen atoms in total. The second-order valence-electron chi connectivity index (χ2n) is 6.09. The molecule has 0 radical (unpaired) electrons. The fourth-order valence-corrected chi connectivity index (χ4v) is 2.80. The molecule has 0 aliphatic carbocycles. The average molecular weight is 412 g/mol. The number of carbonyl (C=O) groups excluding carboxylic acids is 3. The Labute approximate surface area is 172 Å². The molecule has 9 heteroatoms. The minimum atomic E-state index is -0.570. The van der Waals surface area contributed by atoms with Crippen molar-refractivity contribution in [2.24, 2.45) is 0 Å². The first-order valence-electron chi connectivity index (χ1n) is 8.86. The molecule has 3 rings (SSSR count). The number of carbonyl (C=O) groups is 3. The molecule has 0 spiro atoms. The monoisotopic (exact) mass is 412 g/mol. The Morgan fingerprint density at radius 1 is 1.03 bits per heavy atom. The van der Waals surface area contributed by atoms with Crippen molar-refractivity contribution < 1.29 is 33.3 Å². The number of hydrogen-bond donors (Lipinski definition) is 1. The maximum atomic E-state index is 12.7. The minimum absolute atomic E-state index is 0.0498. The van der Waals surface area contributed by atoms with E-state index in [2.05, 4.69) is 10.2 Å². The minimum Gasteiger partial charge on any atom is -0.493 e. The zero-order valence-corrected chi connectivity index (χ0v) is 16.6. The summed E-state index contributed by atoms with van der Waals surface area (Å²) in [5, 5.41) is 1.18. The maximum Gasteiger partial charge on any atom is 0.343 e. The number of ether oxygens (including phenoxy) is 4. The Balaban J connectivity index is 1.93. The number of hydrazine groups is 1. The van der Waals surface area contributed by atoms with Gasteiger partial charge in [-0.1, -0.05) is 18.2 Å². The first kappa shape index (κ1) is 20.7. The molecule has 156 valence electrons. The van der Waals surface area contributed by atoms with Gasteiger partial charge in [-0.2, -0.15) is 0 Å². The van der Waals surface area contributed by atoms with Crippen LogP contribution in [-0.4, -0.2) is 45.7 Å². The van der Waals surface area contributed by atoms with E-state index < -0.39 is 17.8 Å². The van der Waals surface area contributed by atoms with E-state index in [0.717, 1.165) is 0 Å². The van der Waals surface area contributed by atoms with Crippen molar-refractivity contribution >= 4 is 29.5 Å². The third kappa shape index (κ3) is 4.19. The van der Waals surface area contributed by atoms with E-state index in [9.17, 15) is 14.4 Å². The molecular weight excluding hydrogens is 392 g/mol. The van der Waals surface area contributed by atoms with Crippen LogP contribution in [0.15, 0.2) is 48.0 Å². The van der Waals surface area contributed by atoms with E-state index in [1.807, 2.05) is 6.07 Å². The van der Waals surface area contributed by atoms with Gasteiger partial charge in [-0.25, -0.2) is 9.80 Å². The van der Waals surface area contributed by atoms with Gasteiger partial charge in [-0.15, -0.1) is 0 Å². The third-order valence-corrected chi connectivity index (χ3v) is 4.26. The SMILES string of the molecule is COC(=O)COc1c(OC)cc(C=C2C(=O)NN(c3ccccc3)C2=O)cc1OC. The van der Waals surface area contributed by atoms with Gasteiger partial charge in [0.25, 0.3) is 11.8 Å². The number of benzene rings is 2. The summed E-state index contributed by atoms with van der Waals surface area (Å²) in [4.78, 5) is 36.5. The van der Waals surface area contributed by atoms with E-state index in [1.54, 1.807) is 36.4 Å². The number of rotatable bonds is 7. The fourth-order valence-electron chi connectivity index (χ4n) is 2.80. The van der Waals surface area contributed by atoms with Crippen molar-refractivity contribution in [2.75, 3.05) is 32.9 Å². The van der Waals surface area contributed by atoms with E-state index in [-0.39, 0.29) is 29.4 Å². The van der Waals surface area contributed by atoms with E-state index in [0.29, 0.717) is 11.3 Å². The lowest BCUT2D eigenvalue weighted by Gasteiger charge is -2.15. The lowest BCUT2D eigenvalue weighted by molar-refractivity contribution is -0.143. The van der Waals surface area contributed by atoms with Crippen LogP contribution in [0.2, 0.25) is 0 Å². The first-order chi connectivity index (χ1) is 14.5. The number of para-hydroxylation sites is 1. The predicted octanol–water partition coefficient (Wildman–Crippen LogP) is 1.72. The van der Waals surface area contributed by atoms with Crippen LogP contribution >= 0.6 is 0 Å². The molecular formula is C21H20N2O7. The van der Waals surface area contributed by atoms with Gasteiger partial charge in [0.1, 0.15) is 5.57 Å². The number of amides is 2. The van der Waals surface area contributed by atoms with E-state index in [1.165, 1.54) is 32.4 Å². The van der Waals surface area contributed by atoms with Gasteiger partial charge in [0.2, 0.25) is 5.75 Å². The summed E-state index contributed by atoms with van der Waals surface area (Å²) in [6, 6.07) is 11.9. The summed E-state index contributed by atoms with van der Waals surface area (Å²) >= 11 is 0. The smallest absolute Gasteiger partial charge is 0.343 e. The van der Waals surface area contributed by atoms with Crippen molar-refractivity contribution in [1.29, 1.82) is 0 Å². The van der Waals surface area contributed by atoms with Crippen molar-refractivity contribution in [3.05, 3.63) is 53.6 Å². The summed E-state index contributed by atoms with van der Waals surface area (Å²) in [5.74, 6) is -0.880. The molecule has 0 saturated carbocycles. The standard InChI is InChI=1S/C21H20N2O7/c1-27-16-10-13(11-17(28-2)19(16)30-12-18(24)29-3)9-15-20(25)22-23(21(15)26)14-7-5-4-6-8-14/h4-11H,12H2,1-3H3,(H,22,25). The van der Waals surface area contributed by atoms with Gasteiger partial charge in [0, 0.05) is 0 Å². The van der Waals surface area contributed by atoms with Gasteiger partial charge in [0.15, 0.2) is 18.1 Å². The number of nitrogens with one attached hydrogen (secondary N) is 1. The molecule has 2 amide bonds. The zero-order chi connectivity index (χ0) is 21.7. The average Bonchev–Trinajstić information content (AvgIpc) is 3.06. The molecule has 0 bridgehead atoms. The number of anilines is 1. The first-order valence-corrected chi connectivity index (χ1v) is 8.86. The number of methoxy groups -OCH3 is 3. The van der Waals surface area contributed by atoms with Crippen LogP contribution in [0.1, 0.15) is 5.56 Å². The highest BCUT2D eigenvalue weighted by Crippen LogP contribution is 2.39. The van der Waals surface area contributed by atoms with Crippen LogP contribution in [0.3, 0.4) is 0 Å². The molecule has 0 aromatic heterocycles. The Morgan fingerprint density at radius 3 is 2.23 bits per heavy atom. The zero-order valence-electron chi connectivity index (χ0n) is 16.6. The Morgan fingerprint density at radius 2 is 1.67 bits per heavy atom. The van der Waals surface area contributed by atoms with Crippen molar-refractivity contribution in [3.63, 3.8) is 0 Å². The number of hydrogen-bond acceptors (Lipinski definition) is 7. The second-order valence-corrected chi connectivity index (χ2v) is 6.09. The summed E-state index contributed by atoms with van der Waals surface area (Å²) in [6.45, 7) is -0.337. The Hall–Kier alpha value is -4.01. The molecule has 1 heterocycles. The lowest BCUT2D eigenvalue weighted by atomic mass is 10.1. The maximum absolute atomic E-state index is 12.7. The van der Waals surface area contributed by atoms with Gasteiger partial charge in [-0.3, -0.25) is 15.0 Å². The molecule has 1 aliphatic heterocycles. The molecule has 1 saturated heterocycles. The molecule has 0 unspecified atom stereocenters. The van der Waals surface area contributed by atoms with Gasteiger partial charge in [-0.05, 0) is 35.9 Å². The molecule has 2 aromatic carbocycles. The lowest BCUT2D eigenvalue weighted by Crippen LogP contribution is -2.35. The molecule has 30 heavy (non-hydrogen) atoms. The summed E-state index contributed by atoms with van der Waals surface area (Å²) in [7, 11) is 4.08. The van der Waals surface area contributed by atoms with Gasteiger partial charge < -0.3 is 18.9 Å². The molecule has 2 aromatic rings. The van der Waals surface area contributed by atoms with E-state index >= 15 is 0 Å². The summed E-state index contributed by atoms with van der Waals surface area (Å²) in [6.07, 6.45) is 1.43. The summed E-state index contributed by atoms with van der Waals surface area (Å²) < 4.78 is 20.6. The van der Waals surface area contributed by atoms with Gasteiger partial charge >= 0.3 is 5.97 Å². The second kappa shape index (κ2) is 8.99. The van der Waals surface area contributed by atoms with Crippen molar-refractivity contribution in [2.45, 2.75) is 0 Å². The quantitative estimate of drug-likeness (QED) is 0.420. The fraction of sp³-hybridized carbons (Fsp3) is 0.190. The highest BCUT2D eigenvalue weighted by Gasteiger charge is 2.34. The predicted molar refractivity (Wildman–Crippen MR) is 107 cm³/mol. The van der Waals surface area contributed by atoms with Crippen LogP contribution in [0, 0.1) is 0 Å². The topological polar surface area (TPSA) is 103 Å². The van der Waals surface area contributed by atoms with Crippen molar-refractivity contribution in [1.82, 2.24) is 5.43 Å². The molecule has 1 N–H and O–H groups in total. The van der Waals surface area contributed by atoms with Crippen LogP contribution < -0.4 is 24.6 Å². The highest BCUT2D eigenvalue weighted by atomic mass is 16.6. The van der Waals surface area contributed by atoms with Crippen molar-refractivity contribution in [3.8, 4) is 17.2 Å². The number of nitrogens with zero attached hydrogens (tertiary/aromatic N) is 1. The van der Waals surface area contributed by atoms with Crippen LogP contribution in [0.25, 0.3) is 6.08 Å². The van der Waals surface area contributed by atoms with E-state index in [4.69, 9.17) is 14.2 Å². The van der Waals surface area contributed by atoms with Gasteiger partial charge in [0.05, 0.1) is 27.0 Å². The molecule has 1 aliphatic rings. The van der Waals surface area contributed by atoms with Crippen LogP contribution in [0.5, 0.6) is 17.2 Å². The normalized spacial score (nSPS) is 14.5. The Kier molecular flexibility index (Phi) is 6.21. The molecule has 0 atom stereocenters. The van der Waals surface area contributed by atoms with Crippen LogP contribution in [0.4, 0.5) is 5.69 Å². The number of esters is 1. The Bertz CT molecular complexity index is 977.